The van der Waals surface area contributed by atoms with Crippen molar-refractivity contribution in [2.45, 2.75) is 37.9 Å². The van der Waals surface area contributed by atoms with E-state index in [1.165, 1.54) is 12.3 Å². The highest BCUT2D eigenvalue weighted by molar-refractivity contribution is 5.76. The summed E-state index contributed by atoms with van der Waals surface area (Å²) in [5, 5.41) is 11.2. The van der Waals surface area contributed by atoms with Gasteiger partial charge >= 0.3 is 12.2 Å². The van der Waals surface area contributed by atoms with Crippen LogP contribution in [0.4, 0.5) is 18.0 Å². The monoisotopic (exact) mass is 421 g/mol. The van der Waals surface area contributed by atoms with Crippen LogP contribution in [0.25, 0.3) is 0 Å². The number of rotatable bonds is 3. The van der Waals surface area contributed by atoms with Crippen molar-refractivity contribution in [1.82, 2.24) is 35.0 Å². The van der Waals surface area contributed by atoms with Gasteiger partial charge in [-0.15, -0.1) is 5.10 Å². The molecule has 3 aliphatic rings. The number of pyridine rings is 1. The fourth-order valence-corrected chi connectivity index (χ4v) is 5.18. The van der Waals surface area contributed by atoms with E-state index in [0.29, 0.717) is 19.0 Å². The predicted octanol–water partition coefficient (Wildman–Crippen LogP) is 2.41. The number of halogens is 3. The molecular formula is C19H22F3N7O. The molecule has 2 amide bonds. The molecule has 1 spiro atoms. The molecule has 2 aromatic heterocycles. The van der Waals surface area contributed by atoms with Gasteiger partial charge in [-0.25, -0.2) is 9.48 Å². The number of nitrogens with zero attached hydrogens (tertiary/aromatic N) is 7. The zero-order valence-corrected chi connectivity index (χ0v) is 16.3. The number of amides is 2. The van der Waals surface area contributed by atoms with Crippen molar-refractivity contribution in [3.05, 3.63) is 35.9 Å². The normalized spacial score (nSPS) is 23.5. The second kappa shape index (κ2) is 6.92. The van der Waals surface area contributed by atoms with Crippen molar-refractivity contribution < 1.29 is 18.0 Å². The Kier molecular flexibility index (Phi) is 4.44. The van der Waals surface area contributed by atoms with Gasteiger partial charge in [0, 0.05) is 37.8 Å². The molecule has 2 aliphatic heterocycles. The third kappa shape index (κ3) is 3.50. The van der Waals surface area contributed by atoms with Crippen molar-refractivity contribution >= 4 is 6.03 Å². The van der Waals surface area contributed by atoms with Gasteiger partial charge in [-0.2, -0.15) is 13.2 Å². The fraction of sp³-hybridized carbons (Fsp3) is 0.632. The zero-order chi connectivity index (χ0) is 20.9. The molecule has 0 aromatic carbocycles. The minimum atomic E-state index is -4.40. The average Bonchev–Trinajstić information content (AvgIpc) is 3.33. The van der Waals surface area contributed by atoms with Crippen LogP contribution in [-0.2, 0) is 12.6 Å². The number of carbonyl (C=O) groups excluding carboxylic acids is 1. The molecule has 0 N–H and O–H groups in total. The van der Waals surface area contributed by atoms with E-state index >= 15 is 0 Å². The van der Waals surface area contributed by atoms with Crippen LogP contribution in [0.2, 0.25) is 0 Å². The van der Waals surface area contributed by atoms with E-state index < -0.39 is 11.9 Å². The fourth-order valence-electron chi connectivity index (χ4n) is 5.18. The van der Waals surface area contributed by atoms with Gasteiger partial charge in [0.05, 0.1) is 6.04 Å². The van der Waals surface area contributed by atoms with Crippen LogP contribution in [0.1, 0.15) is 36.6 Å². The lowest BCUT2D eigenvalue weighted by Crippen LogP contribution is -2.65. The van der Waals surface area contributed by atoms with Crippen LogP contribution >= 0.6 is 0 Å². The Balaban J connectivity index is 1.08. The number of hydrogen-bond acceptors (Lipinski definition) is 5. The highest BCUT2D eigenvalue weighted by Crippen LogP contribution is 2.53. The first-order chi connectivity index (χ1) is 14.3. The van der Waals surface area contributed by atoms with Gasteiger partial charge in [-0.3, -0.25) is 4.98 Å². The molecule has 11 heteroatoms. The molecule has 0 radical (unpaired) electrons. The molecule has 3 fully saturated rings. The van der Waals surface area contributed by atoms with E-state index in [1.54, 1.807) is 11.0 Å². The summed E-state index contributed by atoms with van der Waals surface area (Å²) < 4.78 is 39.5. The largest absolute Gasteiger partial charge is 0.433 e. The van der Waals surface area contributed by atoms with Crippen LogP contribution in [0.5, 0.6) is 0 Å². The molecule has 4 heterocycles. The van der Waals surface area contributed by atoms with Crippen LogP contribution in [0, 0.1) is 11.3 Å². The topological polar surface area (TPSA) is 80.0 Å². The van der Waals surface area contributed by atoms with E-state index in [-0.39, 0.29) is 17.5 Å². The SMILES string of the molecule is O=C(N1CC[C@@H](n2cnnn2)C1)N1CC2(CC(Cc3ccc(C(F)(F)F)nc3)C2)C1. The molecule has 0 unspecified atom stereocenters. The lowest BCUT2D eigenvalue weighted by molar-refractivity contribution is -0.141. The summed E-state index contributed by atoms with van der Waals surface area (Å²) in [5.74, 6) is 0.441. The molecule has 1 aliphatic carbocycles. The summed E-state index contributed by atoms with van der Waals surface area (Å²) in [5.41, 5.74) is 0.170. The smallest absolute Gasteiger partial charge is 0.323 e. The van der Waals surface area contributed by atoms with E-state index in [2.05, 4.69) is 20.5 Å². The molecule has 160 valence electrons. The van der Waals surface area contributed by atoms with E-state index in [4.69, 9.17) is 0 Å². The Bertz CT molecular complexity index is 901. The highest BCUT2D eigenvalue weighted by Gasteiger charge is 2.54. The van der Waals surface area contributed by atoms with Gasteiger partial charge in [-0.05, 0) is 53.7 Å². The maximum Gasteiger partial charge on any atom is 0.433 e. The van der Waals surface area contributed by atoms with Crippen LogP contribution in [0.3, 0.4) is 0 Å². The number of hydrogen-bond donors (Lipinski definition) is 0. The van der Waals surface area contributed by atoms with Crippen LogP contribution < -0.4 is 0 Å². The molecule has 1 atom stereocenters. The quantitative estimate of drug-likeness (QED) is 0.761. The molecule has 5 rings (SSSR count). The summed E-state index contributed by atoms with van der Waals surface area (Å²) in [6.45, 7) is 2.85. The van der Waals surface area contributed by atoms with Gasteiger partial charge in [0.1, 0.15) is 12.0 Å². The maximum absolute atomic E-state index is 12.7. The zero-order valence-electron chi connectivity index (χ0n) is 16.3. The third-order valence-electron chi connectivity index (χ3n) is 6.58. The second-order valence-electron chi connectivity index (χ2n) is 8.84. The van der Waals surface area contributed by atoms with Gasteiger partial charge in [0.15, 0.2) is 0 Å². The minimum Gasteiger partial charge on any atom is -0.323 e. The number of alkyl halides is 3. The number of urea groups is 1. The third-order valence-corrected chi connectivity index (χ3v) is 6.58. The molecule has 2 saturated heterocycles. The Labute approximate surface area is 171 Å². The summed E-state index contributed by atoms with van der Waals surface area (Å²) in [6.07, 6.45) is 2.11. The Morgan fingerprint density at radius 1 is 1.20 bits per heavy atom. The molecular weight excluding hydrogens is 399 g/mol. The summed E-state index contributed by atoms with van der Waals surface area (Å²) in [7, 11) is 0. The first-order valence-electron chi connectivity index (χ1n) is 10.1. The number of aromatic nitrogens is 5. The second-order valence-corrected chi connectivity index (χ2v) is 8.84. The Morgan fingerprint density at radius 3 is 2.63 bits per heavy atom. The van der Waals surface area contributed by atoms with Gasteiger partial charge < -0.3 is 9.80 Å². The molecule has 2 aromatic rings. The van der Waals surface area contributed by atoms with Gasteiger partial charge in [0.2, 0.25) is 0 Å². The molecule has 1 saturated carbocycles. The lowest BCUT2D eigenvalue weighted by atomic mass is 9.56. The number of likely N-dealkylation sites (tertiary alicyclic amines) is 2. The van der Waals surface area contributed by atoms with Crippen LogP contribution in [-0.4, -0.2) is 67.2 Å². The Hall–Kier alpha value is -2.72. The number of tetrazole rings is 1. The van der Waals surface area contributed by atoms with E-state index in [9.17, 15) is 18.0 Å². The summed E-state index contributed by atoms with van der Waals surface area (Å²) >= 11 is 0. The van der Waals surface area contributed by atoms with Crippen LogP contribution in [0.15, 0.2) is 24.7 Å². The molecule has 30 heavy (non-hydrogen) atoms. The number of carbonyl (C=O) groups is 1. The van der Waals surface area contributed by atoms with Gasteiger partial charge in [-0.1, -0.05) is 6.07 Å². The minimum absolute atomic E-state index is 0.0755. The molecule has 8 nitrogen and oxygen atoms in total. The van der Waals surface area contributed by atoms with E-state index in [1.807, 2.05) is 9.80 Å². The summed E-state index contributed by atoms with van der Waals surface area (Å²) in [4.78, 5) is 20.1. The molecule has 0 bridgehead atoms. The Morgan fingerprint density at radius 2 is 2.00 bits per heavy atom. The van der Waals surface area contributed by atoms with E-state index in [0.717, 1.165) is 50.4 Å². The van der Waals surface area contributed by atoms with Crippen molar-refractivity contribution in [2.75, 3.05) is 26.2 Å². The van der Waals surface area contributed by atoms with Crippen molar-refractivity contribution in [3.63, 3.8) is 0 Å². The first kappa shape index (κ1) is 19.3. The highest BCUT2D eigenvalue weighted by atomic mass is 19.4. The van der Waals surface area contributed by atoms with Crippen molar-refractivity contribution in [2.24, 2.45) is 11.3 Å². The van der Waals surface area contributed by atoms with Crippen molar-refractivity contribution in [1.29, 1.82) is 0 Å². The van der Waals surface area contributed by atoms with Gasteiger partial charge in [0.25, 0.3) is 0 Å². The predicted molar refractivity (Wildman–Crippen MR) is 98.1 cm³/mol. The lowest BCUT2D eigenvalue weighted by Gasteiger charge is -2.59. The van der Waals surface area contributed by atoms with Crippen molar-refractivity contribution in [3.8, 4) is 0 Å². The average molecular weight is 421 g/mol. The first-order valence-corrected chi connectivity index (χ1v) is 10.1. The summed E-state index contributed by atoms with van der Waals surface area (Å²) in [6, 6.07) is 2.77. The maximum atomic E-state index is 12.7. The standard InChI is InChI=1S/C19H22F3N7O/c20-19(21,22)16-2-1-13(8-23-16)5-14-6-18(7-14)10-28(11-18)17(30)27-4-3-15(9-27)29-12-24-25-26-29/h1-2,8,12,14-15H,3-7,9-11H2/t15-/m1/s1.